The van der Waals surface area contributed by atoms with Gasteiger partial charge >= 0.3 is 11.9 Å². The lowest BCUT2D eigenvalue weighted by molar-refractivity contribution is -0.385. The number of benzene rings is 4. The topological polar surface area (TPSA) is 258 Å². The lowest BCUT2D eigenvalue weighted by Gasteiger charge is -2.09. The van der Waals surface area contributed by atoms with Gasteiger partial charge in [0.05, 0.1) is 22.0 Å². The number of rotatable bonds is 11. The summed E-state index contributed by atoms with van der Waals surface area (Å²) in [7, 11) is -1.97. The van der Waals surface area contributed by atoms with Crippen LogP contribution in [0.15, 0.2) is 78.9 Å². The molecule has 0 aromatic heterocycles. The van der Waals surface area contributed by atoms with Gasteiger partial charge in [0.25, 0.3) is 11.4 Å². The molecule has 0 aliphatic rings. The third-order valence-electron chi connectivity index (χ3n) is 6.15. The number of nitrogen functional groups attached to an aromatic ring is 1. The zero-order valence-corrected chi connectivity index (χ0v) is 29.8. The molecule has 0 aliphatic carbocycles. The summed E-state index contributed by atoms with van der Waals surface area (Å²) in [6.07, 6.45) is 0.0000772. The fourth-order valence-corrected chi connectivity index (χ4v) is 5.02. The number of carboxylic acids is 1. The predicted molar refractivity (Wildman–Crippen MR) is 191 cm³/mol. The first-order valence-corrected chi connectivity index (χ1v) is 17.5. The van der Waals surface area contributed by atoms with Crippen LogP contribution in [-0.2, 0) is 14.1 Å². The van der Waals surface area contributed by atoms with Crippen molar-refractivity contribution in [1.82, 2.24) is 0 Å². The van der Waals surface area contributed by atoms with Crippen molar-refractivity contribution in [2.75, 3.05) is 25.7 Å². The minimum absolute atomic E-state index is 0.0352. The van der Waals surface area contributed by atoms with Crippen molar-refractivity contribution < 1.29 is 48.2 Å². The highest BCUT2D eigenvalue weighted by molar-refractivity contribution is 7.57. The van der Waals surface area contributed by atoms with E-state index in [-0.39, 0.29) is 56.8 Å². The van der Waals surface area contributed by atoms with Crippen LogP contribution in [0.25, 0.3) is 0 Å². The predicted octanol–water partition coefficient (Wildman–Crippen LogP) is 7.79. The van der Waals surface area contributed by atoms with E-state index in [1.165, 1.54) is 37.0 Å². The number of para-hydroxylation sites is 1. The second-order valence-electron chi connectivity index (χ2n) is 10.1. The number of aliphatic carboxylic acids is 1. The van der Waals surface area contributed by atoms with Crippen molar-refractivity contribution in [1.29, 1.82) is 0 Å². The highest BCUT2D eigenvalue weighted by Crippen LogP contribution is 2.39. The van der Waals surface area contributed by atoms with Gasteiger partial charge in [0.1, 0.15) is 45.3 Å². The van der Waals surface area contributed by atoms with E-state index < -0.39 is 35.2 Å². The Kier molecular flexibility index (Phi) is 16.1. The Morgan fingerprint density at radius 3 is 1.98 bits per heavy atom. The van der Waals surface area contributed by atoms with Gasteiger partial charge in [-0.05, 0) is 48.9 Å². The van der Waals surface area contributed by atoms with Gasteiger partial charge in [0, 0.05) is 36.0 Å². The first-order chi connectivity index (χ1) is 23.8. The number of anilines is 1. The number of ether oxygens (including phenoxy) is 3. The van der Waals surface area contributed by atoms with Gasteiger partial charge in [0.15, 0.2) is 7.37 Å². The van der Waals surface area contributed by atoms with E-state index in [0.717, 1.165) is 13.2 Å². The second kappa shape index (κ2) is 19.4. The van der Waals surface area contributed by atoms with Crippen LogP contribution in [0.3, 0.4) is 0 Å². The highest BCUT2D eigenvalue weighted by atomic mass is 35.5. The summed E-state index contributed by atoms with van der Waals surface area (Å²) in [5, 5.41) is 30.6. The first-order valence-electron chi connectivity index (χ1n) is 14.1. The number of nitro benzene ring substituents is 2. The molecular formula is C31H30Cl3N4O12P. The Morgan fingerprint density at radius 2 is 1.45 bits per heavy atom. The fraction of sp³-hybridized carbons (Fsp3) is 0.161. The summed E-state index contributed by atoms with van der Waals surface area (Å²) in [5.74, 6) is -0.609. The van der Waals surface area contributed by atoms with E-state index in [1.807, 2.05) is 6.07 Å². The maximum atomic E-state index is 11.6. The van der Waals surface area contributed by atoms with Gasteiger partial charge in [-0.1, -0.05) is 53.0 Å². The summed E-state index contributed by atoms with van der Waals surface area (Å²) in [4.78, 5) is 50.8. The van der Waals surface area contributed by atoms with Gasteiger partial charge in [-0.25, -0.2) is 4.79 Å². The third-order valence-corrected chi connectivity index (χ3v) is 8.16. The molecular weight excluding hydrogens is 758 g/mol. The van der Waals surface area contributed by atoms with Gasteiger partial charge < -0.3 is 35.7 Å². The molecule has 0 aliphatic heterocycles. The molecule has 6 N–H and O–H groups in total. The van der Waals surface area contributed by atoms with Gasteiger partial charge in [-0.15, -0.1) is 0 Å². The number of nitro groups is 2. The van der Waals surface area contributed by atoms with Crippen LogP contribution in [0.2, 0.25) is 15.1 Å². The zero-order valence-electron chi connectivity index (χ0n) is 26.6. The molecule has 0 bridgehead atoms. The lowest BCUT2D eigenvalue weighted by atomic mass is 10.1. The van der Waals surface area contributed by atoms with E-state index in [1.54, 1.807) is 36.4 Å². The number of nitrogens with two attached hydrogens (primary N) is 2. The largest absolute Gasteiger partial charge is 0.480 e. The SMILES string of the molecule is COC(=O)c1cc(Oc2ccc(Cl)cc2Cl)ccc1[N+](=O)[O-].CP(=O)(O)CCC(N)C(=O)O.Nc1c([N+](=O)[O-])ccc(Oc2ccccc2)c1Cl. The van der Waals surface area contributed by atoms with Crippen molar-refractivity contribution >= 4 is 71.2 Å². The van der Waals surface area contributed by atoms with Gasteiger partial charge in [-0.3, -0.25) is 29.6 Å². The molecule has 0 heterocycles. The molecule has 4 rings (SSSR count). The quantitative estimate of drug-likeness (QED) is 0.0372. The highest BCUT2D eigenvalue weighted by Gasteiger charge is 2.22. The average molecular weight is 788 g/mol. The molecule has 20 heteroatoms. The Labute approximate surface area is 305 Å². The summed E-state index contributed by atoms with van der Waals surface area (Å²) >= 11 is 17.7. The Hall–Kier alpha value is -4.96. The molecule has 4 aromatic rings. The molecule has 2 atom stereocenters. The molecule has 272 valence electrons. The van der Waals surface area contributed by atoms with E-state index in [4.69, 9.17) is 65.7 Å². The fourth-order valence-electron chi connectivity index (χ4n) is 3.61. The number of hydrogen-bond acceptors (Lipinski definition) is 12. The Balaban J connectivity index is 0.000000281. The number of hydrogen-bond donors (Lipinski definition) is 4. The molecule has 0 radical (unpaired) electrons. The van der Waals surface area contributed by atoms with Crippen molar-refractivity contribution in [3.05, 3.63) is 120 Å². The van der Waals surface area contributed by atoms with Crippen LogP contribution in [0, 0.1) is 20.2 Å². The standard InChI is InChI=1S/C14H9Cl2NO5.C12H9ClN2O3.C5H12NO4P/c1-21-14(18)10-7-9(3-4-12(10)17(19)20)22-13-5-2-8(15)6-11(13)16;13-11-10(18-8-4-2-1-3-5-8)7-6-9(12(11)14)15(16)17;1-11(9,10)3-2-4(6)5(7)8/h2-7H,1H3;1-7H,14H2;4H,2-3,6H2,1H3,(H,7,8)(H,9,10). The van der Waals surface area contributed by atoms with E-state index >= 15 is 0 Å². The molecule has 51 heavy (non-hydrogen) atoms. The van der Waals surface area contributed by atoms with Gasteiger partial charge in [-0.2, -0.15) is 0 Å². The summed E-state index contributed by atoms with van der Waals surface area (Å²) < 4.78 is 26.2. The van der Waals surface area contributed by atoms with Crippen LogP contribution in [0.1, 0.15) is 16.8 Å². The summed E-state index contributed by atoms with van der Waals surface area (Å²) in [6, 6.07) is 18.9. The van der Waals surface area contributed by atoms with E-state index in [2.05, 4.69) is 4.74 Å². The monoisotopic (exact) mass is 786 g/mol. The second-order valence-corrected chi connectivity index (χ2v) is 13.9. The maximum Gasteiger partial charge on any atom is 0.345 e. The van der Waals surface area contributed by atoms with Crippen LogP contribution in [-0.4, -0.2) is 57.8 Å². The number of carbonyl (C=O) groups is 2. The molecule has 0 spiro atoms. The smallest absolute Gasteiger partial charge is 0.345 e. The number of carboxylic acid groups (broad SMARTS) is 1. The molecule has 0 saturated heterocycles. The van der Waals surface area contributed by atoms with Crippen LogP contribution in [0.5, 0.6) is 23.0 Å². The van der Waals surface area contributed by atoms with Crippen LogP contribution < -0.4 is 20.9 Å². The minimum Gasteiger partial charge on any atom is -0.480 e. The number of methoxy groups -OCH3 is 1. The number of esters is 1. The Morgan fingerprint density at radius 1 is 0.882 bits per heavy atom. The normalized spacial score (nSPS) is 12.0. The molecule has 0 saturated carbocycles. The Bertz CT molecular complexity index is 1930. The number of halogens is 3. The van der Waals surface area contributed by atoms with Crippen molar-refractivity contribution in [3.8, 4) is 23.0 Å². The molecule has 16 nitrogen and oxygen atoms in total. The maximum absolute atomic E-state index is 11.6. The van der Waals surface area contributed by atoms with Crippen molar-refractivity contribution in [3.63, 3.8) is 0 Å². The van der Waals surface area contributed by atoms with Gasteiger partial charge in [0.2, 0.25) is 0 Å². The lowest BCUT2D eigenvalue weighted by Crippen LogP contribution is -2.30. The molecule has 0 amide bonds. The molecule has 4 aromatic carbocycles. The summed E-state index contributed by atoms with van der Waals surface area (Å²) in [5.41, 5.74) is 9.75. The van der Waals surface area contributed by atoms with Crippen LogP contribution >= 0.6 is 42.2 Å². The summed E-state index contributed by atoms with van der Waals surface area (Å²) in [6.45, 7) is 1.18. The van der Waals surface area contributed by atoms with Crippen molar-refractivity contribution in [2.45, 2.75) is 12.5 Å². The molecule has 0 fully saturated rings. The first kappa shape index (κ1) is 42.2. The number of nitrogens with zero attached hydrogens (tertiary/aromatic N) is 2. The molecule has 2 unspecified atom stereocenters. The van der Waals surface area contributed by atoms with Crippen molar-refractivity contribution in [2.24, 2.45) is 5.73 Å². The minimum atomic E-state index is -3.10. The van der Waals surface area contributed by atoms with Crippen LogP contribution in [0.4, 0.5) is 17.1 Å². The third kappa shape index (κ3) is 13.7. The number of carbonyl (C=O) groups excluding carboxylic acids is 1. The van der Waals surface area contributed by atoms with E-state index in [9.17, 15) is 34.4 Å². The van der Waals surface area contributed by atoms with E-state index in [0.29, 0.717) is 16.5 Å². The zero-order chi connectivity index (χ0) is 38.5. The average Bonchev–Trinajstić information content (AvgIpc) is 3.07.